The van der Waals surface area contributed by atoms with E-state index in [1.165, 1.54) is 7.11 Å². The largest absolute Gasteiger partial charge is 0.486 e. The Morgan fingerprint density at radius 1 is 1.24 bits per heavy atom. The van der Waals surface area contributed by atoms with Crippen LogP contribution in [0.1, 0.15) is 16.1 Å². The zero-order chi connectivity index (χ0) is 14.7. The van der Waals surface area contributed by atoms with Crippen LogP contribution in [0.3, 0.4) is 0 Å². The number of fused-ring (bicyclic) bond motifs is 1. The van der Waals surface area contributed by atoms with Crippen molar-refractivity contribution in [1.29, 1.82) is 0 Å². The minimum atomic E-state index is -0.494. The van der Waals surface area contributed by atoms with Crippen molar-refractivity contribution in [3.05, 3.63) is 59.2 Å². The predicted octanol–water partition coefficient (Wildman–Crippen LogP) is 3.66. The van der Waals surface area contributed by atoms with Crippen molar-refractivity contribution in [2.24, 2.45) is 0 Å². The monoisotopic (exact) mass is 299 g/mol. The van der Waals surface area contributed by atoms with E-state index in [2.05, 4.69) is 4.98 Å². The van der Waals surface area contributed by atoms with Gasteiger partial charge in [0, 0.05) is 11.6 Å². The van der Waals surface area contributed by atoms with Crippen LogP contribution >= 0.6 is 11.3 Å². The molecule has 0 saturated carbocycles. The van der Waals surface area contributed by atoms with Crippen LogP contribution in [0.25, 0.3) is 10.1 Å². The maximum Gasteiger partial charge on any atom is 0.360 e. The standard InChI is InChI=1S/C16H13NO3S/c1-19-16(18)14-15(12-7-8-21-13(12)9-17-14)20-10-11-5-3-2-4-6-11/h2-9H,10H2,1H3. The second kappa shape index (κ2) is 5.93. The molecule has 0 N–H and O–H groups in total. The molecule has 4 nitrogen and oxygen atoms in total. The van der Waals surface area contributed by atoms with Crippen LogP contribution in [-0.2, 0) is 11.3 Å². The van der Waals surface area contributed by atoms with Gasteiger partial charge >= 0.3 is 5.97 Å². The average molecular weight is 299 g/mol. The molecule has 2 heterocycles. The summed E-state index contributed by atoms with van der Waals surface area (Å²) in [6, 6.07) is 11.7. The molecule has 0 radical (unpaired) electrons. The maximum absolute atomic E-state index is 11.8. The van der Waals surface area contributed by atoms with E-state index in [1.807, 2.05) is 41.8 Å². The lowest BCUT2D eigenvalue weighted by atomic mass is 10.2. The SMILES string of the molecule is COC(=O)c1ncc2sccc2c1OCc1ccccc1. The number of thiophene rings is 1. The van der Waals surface area contributed by atoms with Crippen molar-refractivity contribution in [1.82, 2.24) is 4.98 Å². The summed E-state index contributed by atoms with van der Waals surface area (Å²) in [6.07, 6.45) is 1.67. The number of ether oxygens (including phenoxy) is 2. The highest BCUT2D eigenvalue weighted by Crippen LogP contribution is 2.32. The first-order valence-electron chi connectivity index (χ1n) is 6.41. The fourth-order valence-electron chi connectivity index (χ4n) is 2.04. The molecule has 0 aliphatic heterocycles. The second-order valence-electron chi connectivity index (χ2n) is 4.40. The van der Waals surface area contributed by atoms with Crippen molar-refractivity contribution in [2.75, 3.05) is 7.11 Å². The molecule has 0 spiro atoms. The zero-order valence-corrected chi connectivity index (χ0v) is 12.2. The van der Waals surface area contributed by atoms with Crippen LogP contribution < -0.4 is 4.74 Å². The third-order valence-corrected chi connectivity index (χ3v) is 3.92. The van der Waals surface area contributed by atoms with E-state index in [-0.39, 0.29) is 5.69 Å². The van der Waals surface area contributed by atoms with Crippen molar-refractivity contribution in [3.8, 4) is 5.75 Å². The number of hydrogen-bond donors (Lipinski definition) is 0. The van der Waals surface area contributed by atoms with Gasteiger partial charge in [-0.1, -0.05) is 30.3 Å². The molecule has 0 amide bonds. The summed E-state index contributed by atoms with van der Waals surface area (Å²) in [6.45, 7) is 0.376. The Morgan fingerprint density at radius 2 is 2.05 bits per heavy atom. The highest BCUT2D eigenvalue weighted by atomic mass is 32.1. The Hall–Kier alpha value is -2.40. The molecule has 0 bridgehead atoms. The number of nitrogens with zero attached hydrogens (tertiary/aromatic N) is 1. The van der Waals surface area contributed by atoms with Gasteiger partial charge in [-0.05, 0) is 17.0 Å². The fourth-order valence-corrected chi connectivity index (χ4v) is 2.79. The highest BCUT2D eigenvalue weighted by Gasteiger charge is 2.19. The molecule has 0 fully saturated rings. The molecule has 0 atom stereocenters. The maximum atomic E-state index is 11.8. The Labute approximate surface area is 126 Å². The highest BCUT2D eigenvalue weighted by molar-refractivity contribution is 7.17. The van der Waals surface area contributed by atoms with E-state index in [0.29, 0.717) is 12.4 Å². The Balaban J connectivity index is 1.98. The summed E-state index contributed by atoms with van der Waals surface area (Å²) in [4.78, 5) is 16.0. The van der Waals surface area contributed by atoms with Gasteiger partial charge in [-0.25, -0.2) is 9.78 Å². The lowest BCUT2D eigenvalue weighted by Crippen LogP contribution is -2.08. The minimum absolute atomic E-state index is 0.208. The predicted molar refractivity (Wildman–Crippen MR) is 81.7 cm³/mol. The molecule has 5 heteroatoms. The summed E-state index contributed by atoms with van der Waals surface area (Å²) in [5.41, 5.74) is 1.24. The number of aromatic nitrogens is 1. The fraction of sp³-hybridized carbons (Fsp3) is 0.125. The van der Waals surface area contributed by atoms with E-state index in [4.69, 9.17) is 9.47 Å². The number of hydrogen-bond acceptors (Lipinski definition) is 5. The summed E-state index contributed by atoms with van der Waals surface area (Å²) in [5.74, 6) is -0.0179. The first kappa shape index (κ1) is 13.6. The summed E-state index contributed by atoms with van der Waals surface area (Å²) in [5, 5.41) is 2.83. The second-order valence-corrected chi connectivity index (χ2v) is 5.35. The average Bonchev–Trinajstić information content (AvgIpc) is 3.01. The van der Waals surface area contributed by atoms with Crippen LogP contribution in [0.2, 0.25) is 0 Å². The lowest BCUT2D eigenvalue weighted by molar-refractivity contribution is 0.0589. The molecule has 106 valence electrons. The molecule has 1 aromatic carbocycles. The van der Waals surface area contributed by atoms with Crippen molar-refractivity contribution < 1.29 is 14.3 Å². The van der Waals surface area contributed by atoms with Gasteiger partial charge in [0.15, 0.2) is 11.4 Å². The zero-order valence-electron chi connectivity index (χ0n) is 11.4. The van der Waals surface area contributed by atoms with Crippen molar-refractivity contribution in [3.63, 3.8) is 0 Å². The summed E-state index contributed by atoms with van der Waals surface area (Å²) in [7, 11) is 1.34. The van der Waals surface area contributed by atoms with Gasteiger partial charge in [0.05, 0.1) is 11.8 Å². The topological polar surface area (TPSA) is 48.4 Å². The van der Waals surface area contributed by atoms with Crippen molar-refractivity contribution in [2.45, 2.75) is 6.61 Å². The Kier molecular flexibility index (Phi) is 3.83. The quantitative estimate of drug-likeness (QED) is 0.690. The van der Waals surface area contributed by atoms with E-state index < -0.39 is 5.97 Å². The molecule has 3 rings (SSSR count). The molecule has 2 aromatic heterocycles. The number of carbonyl (C=O) groups is 1. The number of benzene rings is 1. The summed E-state index contributed by atoms with van der Waals surface area (Å²) < 4.78 is 11.6. The van der Waals surface area contributed by atoms with Crippen LogP contribution in [-0.4, -0.2) is 18.1 Å². The number of methoxy groups -OCH3 is 1. The first-order chi connectivity index (χ1) is 10.3. The van der Waals surface area contributed by atoms with Gasteiger partial charge in [-0.2, -0.15) is 0 Å². The van der Waals surface area contributed by atoms with E-state index >= 15 is 0 Å². The minimum Gasteiger partial charge on any atom is -0.486 e. The Morgan fingerprint density at radius 3 is 2.81 bits per heavy atom. The first-order valence-corrected chi connectivity index (χ1v) is 7.29. The summed E-state index contributed by atoms with van der Waals surface area (Å²) >= 11 is 1.56. The number of pyridine rings is 1. The Bertz CT molecular complexity index is 768. The molecule has 0 unspecified atom stereocenters. The molecule has 0 aliphatic rings. The smallest absolute Gasteiger partial charge is 0.360 e. The van der Waals surface area contributed by atoms with Crippen LogP contribution in [0.5, 0.6) is 5.75 Å². The molecule has 21 heavy (non-hydrogen) atoms. The molecule has 3 aromatic rings. The van der Waals surface area contributed by atoms with Gasteiger partial charge in [-0.3, -0.25) is 0 Å². The molecular formula is C16H13NO3S. The normalized spacial score (nSPS) is 10.5. The molecular weight excluding hydrogens is 286 g/mol. The van der Waals surface area contributed by atoms with Gasteiger partial charge in [0.2, 0.25) is 0 Å². The molecule has 0 aliphatic carbocycles. The van der Waals surface area contributed by atoms with Crippen molar-refractivity contribution >= 4 is 27.4 Å². The van der Waals surface area contributed by atoms with Crippen LogP contribution in [0, 0.1) is 0 Å². The van der Waals surface area contributed by atoms with E-state index in [9.17, 15) is 4.79 Å². The third-order valence-electron chi connectivity index (χ3n) is 3.07. The number of esters is 1. The number of carbonyl (C=O) groups excluding carboxylic acids is 1. The van der Waals surface area contributed by atoms with Gasteiger partial charge in [-0.15, -0.1) is 11.3 Å². The lowest BCUT2D eigenvalue weighted by Gasteiger charge is -2.11. The van der Waals surface area contributed by atoms with E-state index in [0.717, 1.165) is 15.6 Å². The third kappa shape index (κ3) is 2.73. The van der Waals surface area contributed by atoms with Crippen LogP contribution in [0.15, 0.2) is 48.0 Å². The van der Waals surface area contributed by atoms with Gasteiger partial charge in [0.25, 0.3) is 0 Å². The van der Waals surface area contributed by atoms with Crippen LogP contribution in [0.4, 0.5) is 0 Å². The molecule has 0 saturated heterocycles. The van der Waals surface area contributed by atoms with Gasteiger partial charge in [0.1, 0.15) is 6.61 Å². The van der Waals surface area contributed by atoms with E-state index in [1.54, 1.807) is 17.5 Å². The van der Waals surface area contributed by atoms with Gasteiger partial charge < -0.3 is 9.47 Å². The number of rotatable bonds is 4.